The van der Waals surface area contributed by atoms with Gasteiger partial charge >= 0.3 is 0 Å². The van der Waals surface area contributed by atoms with Crippen LogP contribution in [0.4, 0.5) is 0 Å². The number of aliphatic hydroxyl groups is 1. The fourth-order valence-electron chi connectivity index (χ4n) is 1.94. The zero-order chi connectivity index (χ0) is 14.6. The summed E-state index contributed by atoms with van der Waals surface area (Å²) in [6.07, 6.45) is 6.58. The topological polar surface area (TPSA) is 59.3 Å². The number of hydrogen-bond acceptors (Lipinski definition) is 4. The van der Waals surface area contributed by atoms with Crippen LogP contribution in [0, 0.1) is 5.92 Å². The van der Waals surface area contributed by atoms with E-state index in [2.05, 4.69) is 24.3 Å². The predicted octanol–water partition coefficient (Wildman–Crippen LogP) is 1.68. The highest BCUT2D eigenvalue weighted by Gasteiger charge is 2.03. The van der Waals surface area contributed by atoms with Gasteiger partial charge < -0.3 is 15.2 Å². The Balaban J connectivity index is 1.86. The molecule has 20 heavy (non-hydrogen) atoms. The second-order valence-corrected chi connectivity index (χ2v) is 5.59. The molecule has 1 rings (SSSR count). The summed E-state index contributed by atoms with van der Waals surface area (Å²) in [5.74, 6) is 0.722. The summed E-state index contributed by atoms with van der Waals surface area (Å²) in [7, 11) is 0. The third kappa shape index (κ3) is 9.07. The standard InChI is InChI=1S/C15H29N3O2/c1-14(2)6-3-11-20-13-15(19)12-16-7-4-9-18-10-5-8-17-18/h5,8,10,14-16,19H,3-4,6-7,9,11-13H2,1-2H3. The van der Waals surface area contributed by atoms with Crippen molar-refractivity contribution in [1.82, 2.24) is 15.1 Å². The molecule has 0 aliphatic heterocycles. The first-order valence-corrected chi connectivity index (χ1v) is 7.62. The number of aryl methyl sites for hydroxylation is 1. The van der Waals surface area contributed by atoms with Crippen molar-refractivity contribution in [3.8, 4) is 0 Å². The molecule has 0 aromatic carbocycles. The maximum atomic E-state index is 9.74. The number of nitrogens with zero attached hydrogens (tertiary/aromatic N) is 2. The molecule has 2 N–H and O–H groups in total. The van der Waals surface area contributed by atoms with E-state index in [9.17, 15) is 5.11 Å². The Morgan fingerprint density at radius 1 is 1.35 bits per heavy atom. The van der Waals surface area contributed by atoms with E-state index in [4.69, 9.17) is 4.74 Å². The molecule has 1 atom stereocenters. The Morgan fingerprint density at radius 3 is 2.90 bits per heavy atom. The highest BCUT2D eigenvalue weighted by atomic mass is 16.5. The number of rotatable bonds is 12. The SMILES string of the molecule is CC(C)CCCOCC(O)CNCCCn1cccn1. The van der Waals surface area contributed by atoms with Gasteiger partial charge in [0.25, 0.3) is 0 Å². The molecule has 1 aromatic heterocycles. The van der Waals surface area contributed by atoms with Crippen LogP contribution < -0.4 is 5.32 Å². The zero-order valence-corrected chi connectivity index (χ0v) is 12.8. The first kappa shape index (κ1) is 17.1. The molecule has 0 amide bonds. The van der Waals surface area contributed by atoms with E-state index in [0.29, 0.717) is 13.2 Å². The minimum atomic E-state index is -0.418. The Bertz CT molecular complexity index is 315. The smallest absolute Gasteiger partial charge is 0.0897 e. The second kappa shape index (κ2) is 10.8. The summed E-state index contributed by atoms with van der Waals surface area (Å²) in [5, 5.41) is 17.1. The molecule has 0 bridgehead atoms. The van der Waals surface area contributed by atoms with Crippen molar-refractivity contribution in [2.24, 2.45) is 5.92 Å². The van der Waals surface area contributed by atoms with Crippen LogP contribution in [0.5, 0.6) is 0 Å². The van der Waals surface area contributed by atoms with Crippen molar-refractivity contribution >= 4 is 0 Å². The van der Waals surface area contributed by atoms with Crippen molar-refractivity contribution < 1.29 is 9.84 Å². The van der Waals surface area contributed by atoms with Gasteiger partial charge in [0.15, 0.2) is 0 Å². The number of aromatic nitrogens is 2. The van der Waals surface area contributed by atoms with Crippen LogP contribution in [0.2, 0.25) is 0 Å². The lowest BCUT2D eigenvalue weighted by Crippen LogP contribution is -2.31. The van der Waals surface area contributed by atoms with Gasteiger partial charge in [-0.1, -0.05) is 13.8 Å². The monoisotopic (exact) mass is 283 g/mol. The molecule has 5 heteroatoms. The Hall–Kier alpha value is -0.910. The summed E-state index contributed by atoms with van der Waals surface area (Å²) in [5.41, 5.74) is 0. The lowest BCUT2D eigenvalue weighted by molar-refractivity contribution is 0.0348. The quantitative estimate of drug-likeness (QED) is 0.573. The molecule has 1 aromatic rings. The fourth-order valence-corrected chi connectivity index (χ4v) is 1.94. The van der Waals surface area contributed by atoms with Gasteiger partial charge in [-0.2, -0.15) is 5.10 Å². The van der Waals surface area contributed by atoms with Gasteiger partial charge in [0.05, 0.1) is 12.7 Å². The van der Waals surface area contributed by atoms with Crippen LogP contribution >= 0.6 is 0 Å². The molecule has 0 aliphatic rings. The van der Waals surface area contributed by atoms with Gasteiger partial charge in [-0.3, -0.25) is 4.68 Å². The van der Waals surface area contributed by atoms with Crippen LogP contribution in [-0.4, -0.2) is 47.3 Å². The van der Waals surface area contributed by atoms with Crippen LogP contribution in [0.3, 0.4) is 0 Å². The number of ether oxygens (including phenoxy) is 1. The van der Waals surface area contributed by atoms with Gasteiger partial charge in [-0.25, -0.2) is 0 Å². The maximum absolute atomic E-state index is 9.74. The fraction of sp³-hybridized carbons (Fsp3) is 0.800. The summed E-state index contributed by atoms with van der Waals surface area (Å²) >= 11 is 0. The number of nitrogens with one attached hydrogen (secondary N) is 1. The predicted molar refractivity (Wildman–Crippen MR) is 80.6 cm³/mol. The first-order chi connectivity index (χ1) is 9.68. The third-order valence-corrected chi connectivity index (χ3v) is 3.06. The molecule has 0 radical (unpaired) electrons. The zero-order valence-electron chi connectivity index (χ0n) is 12.8. The minimum Gasteiger partial charge on any atom is -0.389 e. The number of aliphatic hydroxyl groups excluding tert-OH is 1. The maximum Gasteiger partial charge on any atom is 0.0897 e. The van der Waals surface area contributed by atoms with Crippen LogP contribution in [-0.2, 0) is 11.3 Å². The molecule has 1 unspecified atom stereocenters. The molecule has 0 aliphatic carbocycles. The highest BCUT2D eigenvalue weighted by Crippen LogP contribution is 2.03. The van der Waals surface area contributed by atoms with E-state index in [1.165, 1.54) is 6.42 Å². The summed E-state index contributed by atoms with van der Waals surface area (Å²) < 4.78 is 7.37. The van der Waals surface area contributed by atoms with Crippen LogP contribution in [0.1, 0.15) is 33.1 Å². The van der Waals surface area contributed by atoms with Crippen LogP contribution in [0.15, 0.2) is 18.5 Å². The molecular formula is C15H29N3O2. The van der Waals surface area contributed by atoms with Crippen molar-refractivity contribution in [1.29, 1.82) is 0 Å². The molecule has 0 spiro atoms. The van der Waals surface area contributed by atoms with Crippen molar-refractivity contribution in [2.45, 2.75) is 45.8 Å². The van der Waals surface area contributed by atoms with Crippen molar-refractivity contribution in [3.05, 3.63) is 18.5 Å². The van der Waals surface area contributed by atoms with E-state index in [1.54, 1.807) is 6.20 Å². The van der Waals surface area contributed by atoms with Crippen molar-refractivity contribution in [3.63, 3.8) is 0 Å². The summed E-state index contributed by atoms with van der Waals surface area (Å²) in [6, 6.07) is 1.92. The lowest BCUT2D eigenvalue weighted by Gasteiger charge is -2.12. The second-order valence-electron chi connectivity index (χ2n) is 5.59. The van der Waals surface area contributed by atoms with E-state index in [1.807, 2.05) is 16.9 Å². The molecule has 0 fully saturated rings. The van der Waals surface area contributed by atoms with Crippen LogP contribution in [0.25, 0.3) is 0 Å². The van der Waals surface area contributed by atoms with E-state index in [0.717, 1.165) is 38.5 Å². The average molecular weight is 283 g/mol. The average Bonchev–Trinajstić information content (AvgIpc) is 2.90. The Labute approximate surface area is 122 Å². The highest BCUT2D eigenvalue weighted by molar-refractivity contribution is 4.77. The first-order valence-electron chi connectivity index (χ1n) is 7.62. The van der Waals surface area contributed by atoms with Gasteiger partial charge in [-0.05, 0) is 37.8 Å². The van der Waals surface area contributed by atoms with Gasteiger partial charge in [0, 0.05) is 32.1 Å². The normalized spacial score (nSPS) is 13.0. The molecule has 5 nitrogen and oxygen atoms in total. The lowest BCUT2D eigenvalue weighted by atomic mass is 10.1. The molecule has 1 heterocycles. The summed E-state index contributed by atoms with van der Waals surface area (Å²) in [6.45, 7) is 7.96. The van der Waals surface area contributed by atoms with Gasteiger partial charge in [0.2, 0.25) is 0 Å². The molecule has 0 saturated carbocycles. The largest absolute Gasteiger partial charge is 0.389 e. The van der Waals surface area contributed by atoms with Gasteiger partial charge in [-0.15, -0.1) is 0 Å². The van der Waals surface area contributed by atoms with E-state index >= 15 is 0 Å². The Morgan fingerprint density at radius 2 is 2.20 bits per heavy atom. The minimum absolute atomic E-state index is 0.418. The molecular weight excluding hydrogens is 254 g/mol. The van der Waals surface area contributed by atoms with Crippen molar-refractivity contribution in [2.75, 3.05) is 26.3 Å². The van der Waals surface area contributed by atoms with Gasteiger partial charge in [0.1, 0.15) is 0 Å². The Kier molecular flexibility index (Phi) is 9.28. The molecule has 0 saturated heterocycles. The van der Waals surface area contributed by atoms with E-state index < -0.39 is 6.10 Å². The molecule has 116 valence electrons. The summed E-state index contributed by atoms with van der Waals surface area (Å²) in [4.78, 5) is 0. The third-order valence-electron chi connectivity index (χ3n) is 3.06. The van der Waals surface area contributed by atoms with E-state index in [-0.39, 0.29) is 0 Å². The number of hydrogen-bond donors (Lipinski definition) is 2.